The minimum absolute atomic E-state index is 0.139. The molecular weight excluding hydrogens is 304 g/mol. The second kappa shape index (κ2) is 6.70. The summed E-state index contributed by atoms with van der Waals surface area (Å²) in [5.41, 5.74) is 13.6. The van der Waals surface area contributed by atoms with Crippen LogP contribution in [-0.4, -0.2) is 6.54 Å². The predicted octanol–water partition coefficient (Wildman–Crippen LogP) is 2.99. The van der Waals surface area contributed by atoms with Crippen LogP contribution in [0.3, 0.4) is 0 Å². The van der Waals surface area contributed by atoms with Crippen molar-refractivity contribution in [2.45, 2.75) is 12.6 Å². The van der Waals surface area contributed by atoms with Gasteiger partial charge in [-0.1, -0.05) is 36.4 Å². The van der Waals surface area contributed by atoms with Crippen LogP contribution in [0.2, 0.25) is 0 Å². The number of nitrogens with two attached hydrogens (primary N) is 2. The van der Waals surface area contributed by atoms with Crippen molar-refractivity contribution in [2.75, 3.05) is 6.54 Å². The Bertz CT molecular complexity index is 531. The standard InChI is InChI=1S/C15H17BrN2O/c16-13-8-12(14(18)9-17)6-7-15(13)19-10-11-4-2-1-3-5-11/h1-8,14H,9-10,17-18H2. The minimum atomic E-state index is -0.139. The Hall–Kier alpha value is -1.36. The molecule has 0 saturated carbocycles. The van der Waals surface area contributed by atoms with Gasteiger partial charge in [-0.2, -0.15) is 0 Å². The number of rotatable bonds is 5. The lowest BCUT2D eigenvalue weighted by Gasteiger charge is -2.13. The maximum atomic E-state index is 5.89. The second-order valence-corrected chi connectivity index (χ2v) is 5.16. The van der Waals surface area contributed by atoms with Gasteiger partial charge in [0.2, 0.25) is 0 Å². The molecule has 4 N–H and O–H groups in total. The van der Waals surface area contributed by atoms with Crippen LogP contribution in [0.4, 0.5) is 0 Å². The average molecular weight is 321 g/mol. The predicted molar refractivity (Wildman–Crippen MR) is 80.9 cm³/mol. The van der Waals surface area contributed by atoms with Crippen molar-refractivity contribution in [1.82, 2.24) is 0 Å². The fourth-order valence-corrected chi connectivity index (χ4v) is 2.25. The molecule has 0 bridgehead atoms. The van der Waals surface area contributed by atoms with Crippen molar-refractivity contribution in [1.29, 1.82) is 0 Å². The molecule has 19 heavy (non-hydrogen) atoms. The van der Waals surface area contributed by atoms with Crippen molar-refractivity contribution in [3.05, 3.63) is 64.1 Å². The fourth-order valence-electron chi connectivity index (χ4n) is 1.74. The first-order valence-electron chi connectivity index (χ1n) is 6.12. The molecule has 0 radical (unpaired) electrons. The van der Waals surface area contributed by atoms with E-state index in [4.69, 9.17) is 16.2 Å². The summed E-state index contributed by atoms with van der Waals surface area (Å²) >= 11 is 3.50. The number of halogens is 1. The van der Waals surface area contributed by atoms with E-state index in [0.29, 0.717) is 13.2 Å². The van der Waals surface area contributed by atoms with Crippen LogP contribution in [0.1, 0.15) is 17.2 Å². The Morgan fingerprint density at radius 2 is 1.84 bits per heavy atom. The highest BCUT2D eigenvalue weighted by Crippen LogP contribution is 2.28. The van der Waals surface area contributed by atoms with E-state index < -0.39 is 0 Å². The number of hydrogen-bond acceptors (Lipinski definition) is 3. The molecule has 4 heteroatoms. The van der Waals surface area contributed by atoms with Gasteiger partial charge in [0.05, 0.1) is 4.47 Å². The van der Waals surface area contributed by atoms with Crippen molar-refractivity contribution in [2.24, 2.45) is 11.5 Å². The summed E-state index contributed by atoms with van der Waals surface area (Å²) in [5, 5.41) is 0. The lowest BCUT2D eigenvalue weighted by atomic mass is 10.1. The first-order chi connectivity index (χ1) is 9.20. The molecule has 100 valence electrons. The van der Waals surface area contributed by atoms with Crippen LogP contribution < -0.4 is 16.2 Å². The molecule has 0 aromatic heterocycles. The van der Waals surface area contributed by atoms with Crippen LogP contribution in [0, 0.1) is 0 Å². The topological polar surface area (TPSA) is 61.3 Å². The number of ether oxygens (including phenoxy) is 1. The quantitative estimate of drug-likeness (QED) is 0.890. The molecule has 3 nitrogen and oxygen atoms in total. The molecule has 2 rings (SSSR count). The van der Waals surface area contributed by atoms with Gasteiger partial charge in [0.15, 0.2) is 0 Å². The third-order valence-electron chi connectivity index (χ3n) is 2.88. The van der Waals surface area contributed by atoms with Crippen molar-refractivity contribution >= 4 is 15.9 Å². The molecule has 0 aliphatic heterocycles. The third-order valence-corrected chi connectivity index (χ3v) is 3.49. The van der Waals surface area contributed by atoms with Gasteiger partial charge in [0, 0.05) is 12.6 Å². The zero-order valence-electron chi connectivity index (χ0n) is 10.6. The molecule has 1 atom stereocenters. The molecule has 1 unspecified atom stereocenters. The largest absolute Gasteiger partial charge is 0.488 e. The van der Waals surface area contributed by atoms with Crippen molar-refractivity contribution in [3.63, 3.8) is 0 Å². The van der Waals surface area contributed by atoms with E-state index in [-0.39, 0.29) is 6.04 Å². The second-order valence-electron chi connectivity index (χ2n) is 4.31. The average Bonchev–Trinajstić information content (AvgIpc) is 2.46. The molecule has 0 amide bonds. The summed E-state index contributed by atoms with van der Waals surface area (Å²) in [6.07, 6.45) is 0. The summed E-state index contributed by atoms with van der Waals surface area (Å²) in [6, 6.07) is 15.7. The van der Waals surface area contributed by atoms with Gasteiger partial charge >= 0.3 is 0 Å². The van der Waals surface area contributed by atoms with Gasteiger partial charge in [0.1, 0.15) is 12.4 Å². The van der Waals surface area contributed by atoms with E-state index >= 15 is 0 Å². The summed E-state index contributed by atoms with van der Waals surface area (Å²) in [5.74, 6) is 0.803. The highest BCUT2D eigenvalue weighted by atomic mass is 79.9. The number of benzene rings is 2. The molecule has 0 aliphatic rings. The molecule has 0 saturated heterocycles. The zero-order valence-corrected chi connectivity index (χ0v) is 12.1. The van der Waals surface area contributed by atoms with E-state index in [0.717, 1.165) is 21.3 Å². The van der Waals surface area contributed by atoms with Gasteiger partial charge < -0.3 is 16.2 Å². The normalized spacial score (nSPS) is 12.2. The first-order valence-corrected chi connectivity index (χ1v) is 6.92. The smallest absolute Gasteiger partial charge is 0.134 e. The van der Waals surface area contributed by atoms with Crippen molar-refractivity contribution < 1.29 is 4.74 Å². The molecule has 0 fully saturated rings. The van der Waals surface area contributed by atoms with Gasteiger partial charge in [-0.3, -0.25) is 0 Å². The molecule has 2 aromatic carbocycles. The van der Waals surface area contributed by atoms with E-state index in [1.54, 1.807) is 0 Å². The molecule has 2 aromatic rings. The summed E-state index contributed by atoms with van der Waals surface area (Å²) < 4.78 is 6.67. The number of hydrogen-bond donors (Lipinski definition) is 2. The Labute approximate surface area is 121 Å². The van der Waals surface area contributed by atoms with E-state index in [9.17, 15) is 0 Å². The van der Waals surface area contributed by atoms with Crippen LogP contribution in [0.5, 0.6) is 5.75 Å². The Morgan fingerprint density at radius 3 is 2.47 bits per heavy atom. The fraction of sp³-hybridized carbons (Fsp3) is 0.200. The summed E-state index contributed by atoms with van der Waals surface area (Å²) in [6.45, 7) is 0.971. The van der Waals surface area contributed by atoms with Gasteiger partial charge in [-0.15, -0.1) is 0 Å². The zero-order chi connectivity index (χ0) is 13.7. The Balaban J connectivity index is 2.05. The van der Waals surface area contributed by atoms with Gasteiger partial charge in [0.25, 0.3) is 0 Å². The van der Waals surface area contributed by atoms with Crippen LogP contribution in [0.15, 0.2) is 53.0 Å². The van der Waals surface area contributed by atoms with Crippen LogP contribution in [0.25, 0.3) is 0 Å². The minimum Gasteiger partial charge on any atom is -0.488 e. The van der Waals surface area contributed by atoms with E-state index in [1.807, 2.05) is 48.5 Å². The van der Waals surface area contributed by atoms with Crippen LogP contribution >= 0.6 is 15.9 Å². The van der Waals surface area contributed by atoms with E-state index in [1.165, 1.54) is 0 Å². The lowest BCUT2D eigenvalue weighted by molar-refractivity contribution is 0.304. The molecule has 0 spiro atoms. The van der Waals surface area contributed by atoms with Gasteiger partial charge in [-0.25, -0.2) is 0 Å². The van der Waals surface area contributed by atoms with Gasteiger partial charge in [-0.05, 0) is 39.2 Å². The highest BCUT2D eigenvalue weighted by Gasteiger charge is 2.07. The summed E-state index contributed by atoms with van der Waals surface area (Å²) in [7, 11) is 0. The van der Waals surface area contributed by atoms with Crippen LogP contribution in [-0.2, 0) is 6.61 Å². The maximum Gasteiger partial charge on any atom is 0.134 e. The maximum absolute atomic E-state index is 5.89. The molecule has 0 aliphatic carbocycles. The first kappa shape index (κ1) is 14.1. The molecule has 0 heterocycles. The highest BCUT2D eigenvalue weighted by molar-refractivity contribution is 9.10. The van der Waals surface area contributed by atoms with Crippen molar-refractivity contribution in [3.8, 4) is 5.75 Å². The Kier molecular flexibility index (Phi) is 4.96. The lowest BCUT2D eigenvalue weighted by Crippen LogP contribution is -2.20. The third kappa shape index (κ3) is 3.80. The van der Waals surface area contributed by atoms with E-state index in [2.05, 4.69) is 15.9 Å². The SMILES string of the molecule is NCC(N)c1ccc(OCc2ccccc2)c(Br)c1. The summed E-state index contributed by atoms with van der Waals surface area (Å²) in [4.78, 5) is 0. The molecular formula is C15H17BrN2O. The monoisotopic (exact) mass is 320 g/mol. The Morgan fingerprint density at radius 1 is 1.11 bits per heavy atom.